The molecule has 0 saturated heterocycles. The van der Waals surface area contributed by atoms with Crippen LogP contribution >= 0.6 is 0 Å². The zero-order valence-corrected chi connectivity index (χ0v) is 12.3. The number of hydrogen-bond acceptors (Lipinski definition) is 4. The van der Waals surface area contributed by atoms with E-state index in [9.17, 15) is 19.3 Å². The second kappa shape index (κ2) is 6.30. The molecule has 23 heavy (non-hydrogen) atoms. The quantitative estimate of drug-likeness (QED) is 0.680. The lowest BCUT2D eigenvalue weighted by Crippen LogP contribution is -2.24. The Morgan fingerprint density at radius 1 is 1.30 bits per heavy atom. The third-order valence-corrected chi connectivity index (χ3v) is 3.17. The highest BCUT2D eigenvalue weighted by molar-refractivity contribution is 5.89. The fraction of sp³-hybridized carbons (Fsp3) is 0.133. The first-order chi connectivity index (χ1) is 10.8. The van der Waals surface area contributed by atoms with Crippen LogP contribution in [0.2, 0.25) is 0 Å². The monoisotopic (exact) mass is 320 g/mol. The van der Waals surface area contributed by atoms with Crippen LogP contribution in [0.1, 0.15) is 5.56 Å². The van der Waals surface area contributed by atoms with Gasteiger partial charge in [0.15, 0.2) is 0 Å². The van der Waals surface area contributed by atoms with Crippen molar-refractivity contribution in [2.75, 3.05) is 11.9 Å². The predicted molar refractivity (Wildman–Crippen MR) is 80.7 cm³/mol. The molecule has 2 aromatic carbocycles. The fourth-order valence-corrected chi connectivity index (χ4v) is 1.90. The number of rotatable bonds is 4. The Balaban J connectivity index is 2.44. The van der Waals surface area contributed by atoms with E-state index in [0.29, 0.717) is 10.5 Å². The van der Waals surface area contributed by atoms with Crippen molar-refractivity contribution in [1.29, 1.82) is 0 Å². The fourth-order valence-electron chi connectivity index (χ4n) is 1.90. The zero-order chi connectivity index (χ0) is 17.1. The molecule has 120 valence electrons. The van der Waals surface area contributed by atoms with E-state index in [4.69, 9.17) is 9.84 Å². The van der Waals surface area contributed by atoms with Crippen molar-refractivity contribution in [2.45, 2.75) is 6.92 Å². The smallest absolute Gasteiger partial charge is 0.411 e. The van der Waals surface area contributed by atoms with Crippen LogP contribution in [0, 0.1) is 22.9 Å². The molecule has 0 aliphatic heterocycles. The van der Waals surface area contributed by atoms with Crippen LogP contribution in [0.3, 0.4) is 0 Å². The average Bonchev–Trinajstić information content (AvgIpc) is 2.49. The summed E-state index contributed by atoms with van der Waals surface area (Å²) in [7, 11) is 1.18. The van der Waals surface area contributed by atoms with E-state index < -0.39 is 16.8 Å². The molecule has 1 N–H and O–H groups in total. The number of amides is 1. The van der Waals surface area contributed by atoms with Gasteiger partial charge in [-0.1, -0.05) is 6.07 Å². The molecule has 0 aliphatic rings. The van der Waals surface area contributed by atoms with Crippen LogP contribution < -0.4 is 9.64 Å². The van der Waals surface area contributed by atoms with Crippen LogP contribution in [0.5, 0.6) is 11.5 Å². The maximum absolute atomic E-state index is 13.3. The van der Waals surface area contributed by atoms with Crippen LogP contribution in [0.15, 0.2) is 36.4 Å². The number of benzene rings is 2. The van der Waals surface area contributed by atoms with Gasteiger partial charge in [0.1, 0.15) is 23.0 Å². The highest BCUT2D eigenvalue weighted by atomic mass is 19.1. The summed E-state index contributed by atoms with van der Waals surface area (Å²) in [5, 5.41) is 20.0. The molecule has 0 atom stereocenters. The van der Waals surface area contributed by atoms with Crippen LogP contribution in [-0.2, 0) is 0 Å². The van der Waals surface area contributed by atoms with E-state index in [1.54, 1.807) is 6.92 Å². The number of nitrogens with zero attached hydrogens (tertiary/aromatic N) is 2. The number of ether oxygens (including phenoxy) is 1. The third kappa shape index (κ3) is 3.54. The Labute approximate surface area is 130 Å². The molecule has 8 heteroatoms. The summed E-state index contributed by atoms with van der Waals surface area (Å²) in [5.74, 6) is -0.0921. The Bertz CT molecular complexity index is 778. The van der Waals surface area contributed by atoms with E-state index in [1.807, 2.05) is 0 Å². The summed E-state index contributed by atoms with van der Waals surface area (Å²) < 4.78 is 18.8. The summed E-state index contributed by atoms with van der Waals surface area (Å²) >= 11 is 0. The van der Waals surface area contributed by atoms with Crippen LogP contribution in [0.4, 0.5) is 20.6 Å². The predicted octanol–water partition coefficient (Wildman–Crippen LogP) is 3.95. The van der Waals surface area contributed by atoms with Gasteiger partial charge in [-0.2, -0.15) is 0 Å². The molecule has 0 bridgehead atoms. The Morgan fingerprint density at radius 3 is 2.61 bits per heavy atom. The van der Waals surface area contributed by atoms with Gasteiger partial charge in [-0.15, -0.1) is 0 Å². The molecule has 0 aliphatic carbocycles. The van der Waals surface area contributed by atoms with Crippen molar-refractivity contribution < 1.29 is 24.0 Å². The lowest BCUT2D eigenvalue weighted by molar-refractivity contribution is -0.384. The van der Waals surface area contributed by atoms with Crippen molar-refractivity contribution in [1.82, 2.24) is 0 Å². The van der Waals surface area contributed by atoms with Crippen molar-refractivity contribution in [3.8, 4) is 11.5 Å². The van der Waals surface area contributed by atoms with E-state index in [1.165, 1.54) is 37.4 Å². The molecule has 0 fully saturated rings. The number of nitro groups is 1. The van der Waals surface area contributed by atoms with Gasteiger partial charge in [0.05, 0.1) is 4.92 Å². The maximum atomic E-state index is 13.3. The molecular weight excluding hydrogens is 307 g/mol. The second-order valence-electron chi connectivity index (χ2n) is 4.76. The van der Waals surface area contributed by atoms with E-state index in [2.05, 4.69) is 0 Å². The molecule has 2 aromatic rings. The van der Waals surface area contributed by atoms with Crippen molar-refractivity contribution in [2.24, 2.45) is 0 Å². The van der Waals surface area contributed by atoms with Gasteiger partial charge in [-0.05, 0) is 24.6 Å². The topological polar surface area (TPSA) is 92.9 Å². The molecule has 2 rings (SSSR count). The molecule has 0 heterocycles. The van der Waals surface area contributed by atoms with Gasteiger partial charge in [-0.3, -0.25) is 15.0 Å². The van der Waals surface area contributed by atoms with Crippen molar-refractivity contribution in [3.63, 3.8) is 0 Å². The van der Waals surface area contributed by atoms with Gasteiger partial charge in [0.2, 0.25) is 0 Å². The zero-order valence-electron chi connectivity index (χ0n) is 12.3. The number of aryl methyl sites for hydroxylation is 1. The van der Waals surface area contributed by atoms with Gasteiger partial charge in [0.25, 0.3) is 5.69 Å². The van der Waals surface area contributed by atoms with Crippen LogP contribution in [0.25, 0.3) is 0 Å². The molecular formula is C15H13FN2O5. The van der Waals surface area contributed by atoms with Gasteiger partial charge < -0.3 is 9.84 Å². The Kier molecular flexibility index (Phi) is 4.44. The summed E-state index contributed by atoms with van der Waals surface area (Å²) in [4.78, 5) is 22.1. The first-order valence-corrected chi connectivity index (χ1v) is 6.48. The largest absolute Gasteiger partial charge is 0.465 e. The molecule has 0 radical (unpaired) electrons. The first kappa shape index (κ1) is 16.2. The number of anilines is 1. The standard InChI is InChI=1S/C15H13FN2O5/c1-9-3-4-10(16)7-14(9)23-11-5-6-12(18(21)22)13(8-11)17(2)15(19)20/h3-8H,1-2H3,(H,19,20). The van der Waals surface area contributed by atoms with Gasteiger partial charge in [0, 0.05) is 25.2 Å². The third-order valence-electron chi connectivity index (χ3n) is 3.17. The lowest BCUT2D eigenvalue weighted by atomic mass is 10.2. The molecule has 0 saturated carbocycles. The average molecular weight is 320 g/mol. The van der Waals surface area contributed by atoms with E-state index in [-0.39, 0.29) is 22.9 Å². The minimum atomic E-state index is -1.35. The normalized spacial score (nSPS) is 10.2. The summed E-state index contributed by atoms with van der Waals surface area (Å²) in [5.41, 5.74) is 0.144. The SMILES string of the molecule is Cc1ccc(F)cc1Oc1ccc([N+](=O)[O-])c(N(C)C(=O)O)c1. The molecule has 0 spiro atoms. The number of hydrogen-bond donors (Lipinski definition) is 1. The molecule has 1 amide bonds. The number of halogens is 1. The van der Waals surface area contributed by atoms with Gasteiger partial charge in [-0.25, -0.2) is 9.18 Å². The minimum Gasteiger partial charge on any atom is -0.465 e. The maximum Gasteiger partial charge on any atom is 0.411 e. The second-order valence-corrected chi connectivity index (χ2v) is 4.76. The van der Waals surface area contributed by atoms with Gasteiger partial charge >= 0.3 is 6.09 Å². The highest BCUT2D eigenvalue weighted by Gasteiger charge is 2.22. The Hall–Kier alpha value is -3.16. The molecule has 0 unspecified atom stereocenters. The van der Waals surface area contributed by atoms with E-state index >= 15 is 0 Å². The highest BCUT2D eigenvalue weighted by Crippen LogP contribution is 2.34. The summed E-state index contributed by atoms with van der Waals surface area (Å²) in [6.07, 6.45) is -1.35. The minimum absolute atomic E-state index is 0.144. The summed E-state index contributed by atoms with van der Waals surface area (Å²) in [6.45, 7) is 1.71. The summed E-state index contributed by atoms with van der Waals surface area (Å²) in [6, 6.07) is 7.66. The molecule has 0 aromatic heterocycles. The van der Waals surface area contributed by atoms with Crippen molar-refractivity contribution >= 4 is 17.5 Å². The molecule has 7 nitrogen and oxygen atoms in total. The van der Waals surface area contributed by atoms with Crippen molar-refractivity contribution in [3.05, 3.63) is 57.9 Å². The first-order valence-electron chi connectivity index (χ1n) is 6.48. The number of carbonyl (C=O) groups is 1. The van der Waals surface area contributed by atoms with E-state index in [0.717, 1.165) is 6.07 Å². The number of carboxylic acid groups (broad SMARTS) is 1. The number of nitro benzene ring substituents is 1. The lowest BCUT2D eigenvalue weighted by Gasteiger charge is -2.15. The Morgan fingerprint density at radius 2 is 2.00 bits per heavy atom. The van der Waals surface area contributed by atoms with Crippen LogP contribution in [-0.4, -0.2) is 23.2 Å².